The van der Waals surface area contributed by atoms with Crippen molar-refractivity contribution in [2.24, 2.45) is 23.2 Å². The number of hydrogen-bond acceptors (Lipinski definition) is 11. The first-order valence-corrected chi connectivity index (χ1v) is 20.6. The smallest absolute Gasteiger partial charge is 0.303 e. The molecule has 2 unspecified atom stereocenters. The third-order valence-electron chi connectivity index (χ3n) is 11.2. The summed E-state index contributed by atoms with van der Waals surface area (Å²) in [6.07, 6.45) is -1.62. The molecular formula is C38H60O11Si. The van der Waals surface area contributed by atoms with Crippen LogP contribution in [0.1, 0.15) is 80.2 Å². The Hall–Kier alpha value is -2.48. The van der Waals surface area contributed by atoms with Gasteiger partial charge in [0, 0.05) is 51.2 Å². The summed E-state index contributed by atoms with van der Waals surface area (Å²) >= 11 is 0. The Bertz CT molecular complexity index is 1290. The van der Waals surface area contributed by atoms with E-state index in [1.165, 1.54) is 21.0 Å². The van der Waals surface area contributed by atoms with Crippen molar-refractivity contribution in [2.75, 3.05) is 27.1 Å². The maximum absolute atomic E-state index is 13.4. The molecule has 1 heterocycles. The molecule has 3 rings (SSSR count). The van der Waals surface area contributed by atoms with Crippen LogP contribution in [0.5, 0.6) is 0 Å². The van der Waals surface area contributed by atoms with Crippen molar-refractivity contribution in [1.82, 2.24) is 0 Å². The zero-order valence-corrected chi connectivity index (χ0v) is 32.9. The number of esters is 2. The lowest BCUT2D eigenvalue weighted by Crippen LogP contribution is -2.68. The average molecular weight is 721 g/mol. The standard InChI is InChI=1S/C38H60O11Si/c1-25(33(48-26(2)40)35(49-27(3)41)34(45-24-43-9)29-17-18-31(42)37(29,7)8)30(21-39)38(46-22-28-15-13-12-14-16-28)23-44-32(38)19-20-47-50(10,11)36(4,5)6/h12-16,21,25,29-30,32-35H,17-20,22-24H2,1-11H3/t25-,29?,30+,32-,33-,34-,35?,38-/m1/s1. The zero-order chi connectivity index (χ0) is 37.5. The van der Waals surface area contributed by atoms with Crippen LogP contribution in [0, 0.1) is 23.2 Å². The highest BCUT2D eigenvalue weighted by Crippen LogP contribution is 2.48. The maximum atomic E-state index is 13.4. The van der Waals surface area contributed by atoms with E-state index in [4.69, 9.17) is 32.8 Å². The monoisotopic (exact) mass is 720 g/mol. The molecule has 0 radical (unpaired) electrons. The van der Waals surface area contributed by atoms with Crippen LogP contribution in [-0.4, -0.2) is 89.5 Å². The van der Waals surface area contributed by atoms with E-state index in [0.29, 0.717) is 25.9 Å². The van der Waals surface area contributed by atoms with Crippen LogP contribution in [0.4, 0.5) is 0 Å². The van der Waals surface area contributed by atoms with Crippen LogP contribution in [0.15, 0.2) is 30.3 Å². The number of ketones is 1. The van der Waals surface area contributed by atoms with Crippen molar-refractivity contribution in [3.05, 3.63) is 35.9 Å². The van der Waals surface area contributed by atoms with Gasteiger partial charge in [0.1, 0.15) is 36.7 Å². The number of aldehydes is 1. The van der Waals surface area contributed by atoms with E-state index in [1.807, 2.05) is 44.2 Å². The first kappa shape index (κ1) is 41.9. The van der Waals surface area contributed by atoms with E-state index in [9.17, 15) is 19.2 Å². The van der Waals surface area contributed by atoms with Gasteiger partial charge in [-0.05, 0) is 36.5 Å². The van der Waals surface area contributed by atoms with Gasteiger partial charge >= 0.3 is 11.9 Å². The minimum absolute atomic E-state index is 0.0110. The number of benzene rings is 1. The van der Waals surface area contributed by atoms with Gasteiger partial charge in [0.2, 0.25) is 0 Å². The van der Waals surface area contributed by atoms with Crippen molar-refractivity contribution in [2.45, 2.75) is 129 Å². The Morgan fingerprint density at radius 2 is 1.68 bits per heavy atom. The van der Waals surface area contributed by atoms with Crippen LogP contribution in [0.3, 0.4) is 0 Å². The van der Waals surface area contributed by atoms with E-state index >= 15 is 0 Å². The summed E-state index contributed by atoms with van der Waals surface area (Å²) in [7, 11) is -0.607. The second-order valence-corrected chi connectivity index (χ2v) is 20.7. The minimum Gasteiger partial charge on any atom is -0.458 e. The number of hydrogen-bond donors (Lipinski definition) is 0. The molecule has 282 valence electrons. The van der Waals surface area contributed by atoms with Crippen molar-refractivity contribution in [1.29, 1.82) is 0 Å². The molecule has 1 saturated heterocycles. The molecule has 0 aromatic heterocycles. The van der Waals surface area contributed by atoms with Crippen LogP contribution < -0.4 is 0 Å². The molecule has 11 nitrogen and oxygen atoms in total. The van der Waals surface area contributed by atoms with E-state index in [1.54, 1.807) is 6.92 Å². The Labute approximate surface area is 299 Å². The summed E-state index contributed by atoms with van der Waals surface area (Å²) in [6.45, 7) is 19.5. The normalized spacial score (nSPS) is 25.1. The van der Waals surface area contributed by atoms with E-state index < -0.39 is 73.4 Å². The van der Waals surface area contributed by atoms with E-state index in [-0.39, 0.29) is 30.8 Å². The van der Waals surface area contributed by atoms with Crippen LogP contribution in [0.2, 0.25) is 18.1 Å². The summed E-state index contributed by atoms with van der Waals surface area (Å²) in [6, 6.07) is 9.65. The van der Waals surface area contributed by atoms with E-state index in [2.05, 4.69) is 33.9 Å². The van der Waals surface area contributed by atoms with Crippen LogP contribution >= 0.6 is 0 Å². The average Bonchev–Trinajstić information content (AvgIpc) is 3.29. The van der Waals surface area contributed by atoms with Gasteiger partial charge in [0.05, 0.1) is 25.2 Å². The summed E-state index contributed by atoms with van der Waals surface area (Å²) < 4.78 is 42.8. The summed E-state index contributed by atoms with van der Waals surface area (Å²) in [4.78, 5) is 51.9. The fraction of sp³-hybridized carbons (Fsp3) is 0.737. The fourth-order valence-electron chi connectivity index (χ4n) is 7.07. The Morgan fingerprint density at radius 3 is 2.16 bits per heavy atom. The number of carbonyl (C=O) groups is 4. The lowest BCUT2D eigenvalue weighted by molar-refractivity contribution is -0.296. The van der Waals surface area contributed by atoms with Gasteiger partial charge in [0.15, 0.2) is 14.4 Å². The molecular weight excluding hydrogens is 660 g/mol. The molecule has 2 fully saturated rings. The molecule has 2 aliphatic rings. The molecule has 1 aliphatic carbocycles. The molecule has 0 amide bonds. The molecule has 0 N–H and O–H groups in total. The molecule has 12 heteroatoms. The number of Topliss-reactive ketones (excluding diaryl/α,β-unsaturated/α-hetero) is 1. The lowest BCUT2D eigenvalue weighted by atomic mass is 9.68. The number of methoxy groups -OCH3 is 1. The predicted molar refractivity (Wildman–Crippen MR) is 190 cm³/mol. The first-order chi connectivity index (χ1) is 23.3. The molecule has 1 aromatic carbocycles. The molecule has 8 atom stereocenters. The molecule has 1 aliphatic heterocycles. The molecule has 50 heavy (non-hydrogen) atoms. The maximum Gasteiger partial charge on any atom is 0.303 e. The molecule has 0 spiro atoms. The summed E-state index contributed by atoms with van der Waals surface area (Å²) in [5.74, 6) is -3.22. The first-order valence-electron chi connectivity index (χ1n) is 17.7. The van der Waals surface area contributed by atoms with Gasteiger partial charge < -0.3 is 37.6 Å². The number of carbonyl (C=O) groups excluding carboxylic acids is 4. The number of ether oxygens (including phenoxy) is 6. The molecule has 1 aromatic rings. The van der Waals surface area contributed by atoms with Crippen LogP contribution in [-0.2, 0) is 58.6 Å². The van der Waals surface area contributed by atoms with Crippen LogP contribution in [0.25, 0.3) is 0 Å². The van der Waals surface area contributed by atoms with Crippen molar-refractivity contribution in [3.63, 3.8) is 0 Å². The van der Waals surface area contributed by atoms with Gasteiger partial charge in [-0.15, -0.1) is 0 Å². The number of rotatable bonds is 19. The quantitative estimate of drug-likeness (QED) is 0.0715. The summed E-state index contributed by atoms with van der Waals surface area (Å²) in [5, 5.41) is 0.0110. The Kier molecular flexibility index (Phi) is 14.6. The summed E-state index contributed by atoms with van der Waals surface area (Å²) in [5.41, 5.74) is -1.01. The Balaban J connectivity index is 2.07. The Morgan fingerprint density at radius 1 is 1.06 bits per heavy atom. The third-order valence-corrected chi connectivity index (χ3v) is 15.7. The predicted octanol–water partition coefficient (Wildman–Crippen LogP) is 6.06. The SMILES string of the molecule is COCO[C@@H](C(OC(C)=O)[C@H](OC(C)=O)[C@H](C)[C@H](C=O)[C@]1(OCc2ccccc2)CO[C@@H]1CCO[Si](C)(C)C(C)(C)C)C1CCC(=O)C1(C)C. The lowest BCUT2D eigenvalue weighted by Gasteiger charge is -2.54. The second-order valence-electron chi connectivity index (χ2n) is 15.9. The van der Waals surface area contributed by atoms with E-state index in [0.717, 1.165) is 11.8 Å². The highest BCUT2D eigenvalue weighted by Gasteiger charge is 2.60. The zero-order valence-electron chi connectivity index (χ0n) is 31.9. The molecule has 1 saturated carbocycles. The van der Waals surface area contributed by atoms with Crippen molar-refractivity contribution >= 4 is 32.3 Å². The second kappa shape index (κ2) is 17.4. The van der Waals surface area contributed by atoms with Crippen molar-refractivity contribution in [3.8, 4) is 0 Å². The van der Waals surface area contributed by atoms with Gasteiger partial charge in [-0.3, -0.25) is 14.4 Å². The molecule has 0 bridgehead atoms. The van der Waals surface area contributed by atoms with Gasteiger partial charge in [0.25, 0.3) is 0 Å². The largest absolute Gasteiger partial charge is 0.458 e. The highest BCUT2D eigenvalue weighted by molar-refractivity contribution is 6.74. The topological polar surface area (TPSA) is 133 Å². The van der Waals surface area contributed by atoms with Gasteiger partial charge in [-0.1, -0.05) is 71.9 Å². The third kappa shape index (κ3) is 9.68. The van der Waals surface area contributed by atoms with Gasteiger partial charge in [-0.25, -0.2) is 0 Å². The van der Waals surface area contributed by atoms with Crippen molar-refractivity contribution < 1.29 is 52.0 Å². The minimum atomic E-state index is -2.08. The highest BCUT2D eigenvalue weighted by atomic mass is 28.4. The fourth-order valence-corrected chi connectivity index (χ4v) is 8.13. The van der Waals surface area contributed by atoms with Gasteiger partial charge in [-0.2, -0.15) is 0 Å².